The highest BCUT2D eigenvalue weighted by atomic mass is 127. The maximum atomic E-state index is 13.6. The molecule has 0 bridgehead atoms. The van der Waals surface area contributed by atoms with Gasteiger partial charge in [-0.25, -0.2) is 9.37 Å². The van der Waals surface area contributed by atoms with Crippen LogP contribution in [0.2, 0.25) is 5.02 Å². The molecule has 0 amide bonds. The summed E-state index contributed by atoms with van der Waals surface area (Å²) >= 11 is 7.73. The first-order valence-electron chi connectivity index (χ1n) is 6.81. The monoisotopic (exact) mass is 418 g/mol. The van der Waals surface area contributed by atoms with Gasteiger partial charge in [0.25, 0.3) is 5.56 Å². The molecule has 0 saturated heterocycles. The van der Waals surface area contributed by atoms with Gasteiger partial charge in [0.1, 0.15) is 11.6 Å². The van der Waals surface area contributed by atoms with Crippen molar-refractivity contribution in [1.29, 1.82) is 0 Å². The van der Waals surface area contributed by atoms with Gasteiger partial charge in [0, 0.05) is 11.5 Å². The SMILES string of the molecule is O=c1[nH]c(-c2ccc(Cl)c(F)c2)nc(C2CCCC2)c1I. The van der Waals surface area contributed by atoms with Crippen LogP contribution < -0.4 is 5.56 Å². The standard InChI is InChI=1S/C15H13ClFIN2O/c16-10-6-5-9(7-11(10)17)14-19-13(8-3-1-2-4-8)12(18)15(21)20-14/h5-8H,1-4H2,(H,19,20,21). The molecule has 0 unspecified atom stereocenters. The fourth-order valence-electron chi connectivity index (χ4n) is 2.73. The van der Waals surface area contributed by atoms with E-state index >= 15 is 0 Å². The Morgan fingerprint density at radius 1 is 1.33 bits per heavy atom. The van der Waals surface area contributed by atoms with Crippen molar-refractivity contribution in [1.82, 2.24) is 9.97 Å². The summed E-state index contributed by atoms with van der Waals surface area (Å²) in [7, 11) is 0. The highest BCUT2D eigenvalue weighted by Crippen LogP contribution is 2.35. The Labute approximate surface area is 140 Å². The second-order valence-electron chi connectivity index (χ2n) is 5.22. The third kappa shape index (κ3) is 2.99. The molecule has 21 heavy (non-hydrogen) atoms. The van der Waals surface area contributed by atoms with E-state index in [4.69, 9.17) is 11.6 Å². The summed E-state index contributed by atoms with van der Waals surface area (Å²) in [6.45, 7) is 0. The zero-order valence-electron chi connectivity index (χ0n) is 11.1. The Morgan fingerprint density at radius 3 is 2.71 bits per heavy atom. The summed E-state index contributed by atoms with van der Waals surface area (Å²) < 4.78 is 14.2. The van der Waals surface area contributed by atoms with Gasteiger partial charge in [-0.1, -0.05) is 24.4 Å². The number of H-pyrrole nitrogens is 1. The molecule has 0 atom stereocenters. The van der Waals surface area contributed by atoms with Gasteiger partial charge < -0.3 is 4.98 Å². The average Bonchev–Trinajstić information content (AvgIpc) is 2.98. The van der Waals surface area contributed by atoms with Crippen LogP contribution in [0.4, 0.5) is 4.39 Å². The fourth-order valence-corrected chi connectivity index (χ4v) is 3.54. The first-order valence-corrected chi connectivity index (χ1v) is 8.27. The van der Waals surface area contributed by atoms with Gasteiger partial charge in [0.2, 0.25) is 0 Å². The minimum atomic E-state index is -0.516. The van der Waals surface area contributed by atoms with Gasteiger partial charge in [-0.2, -0.15) is 0 Å². The van der Waals surface area contributed by atoms with Gasteiger partial charge in [-0.15, -0.1) is 0 Å². The van der Waals surface area contributed by atoms with Crippen LogP contribution in [0.1, 0.15) is 37.3 Å². The van der Waals surface area contributed by atoms with Crippen LogP contribution in [0.5, 0.6) is 0 Å². The van der Waals surface area contributed by atoms with Gasteiger partial charge in [-0.3, -0.25) is 4.79 Å². The molecule has 1 heterocycles. The number of hydrogen-bond acceptors (Lipinski definition) is 2. The largest absolute Gasteiger partial charge is 0.306 e. The second kappa shape index (κ2) is 6.04. The van der Waals surface area contributed by atoms with Crippen LogP contribution in [0.3, 0.4) is 0 Å². The van der Waals surface area contributed by atoms with Gasteiger partial charge in [-0.05, 0) is 53.6 Å². The lowest BCUT2D eigenvalue weighted by Gasteiger charge is -2.12. The summed E-state index contributed by atoms with van der Waals surface area (Å²) in [6, 6.07) is 4.43. The van der Waals surface area contributed by atoms with Crippen LogP contribution in [-0.4, -0.2) is 9.97 Å². The maximum Gasteiger partial charge on any atom is 0.264 e. The Balaban J connectivity index is 2.10. The Bertz CT molecular complexity index is 741. The van der Waals surface area contributed by atoms with Crippen molar-refractivity contribution in [3.63, 3.8) is 0 Å². The van der Waals surface area contributed by atoms with Gasteiger partial charge >= 0.3 is 0 Å². The molecule has 0 aliphatic heterocycles. The number of hydrogen-bond donors (Lipinski definition) is 1. The van der Waals surface area contributed by atoms with E-state index < -0.39 is 5.82 Å². The molecule has 1 aromatic heterocycles. The molecule has 2 aromatic rings. The predicted octanol–water partition coefficient (Wildman–Crippen LogP) is 4.49. The van der Waals surface area contributed by atoms with Crippen molar-refractivity contribution >= 4 is 34.2 Å². The number of aromatic nitrogens is 2. The van der Waals surface area contributed by atoms with Crippen molar-refractivity contribution in [3.05, 3.63) is 48.7 Å². The molecular weight excluding hydrogens is 406 g/mol. The fraction of sp³-hybridized carbons (Fsp3) is 0.333. The number of nitrogens with zero attached hydrogens (tertiary/aromatic N) is 1. The molecule has 1 aliphatic carbocycles. The van der Waals surface area contributed by atoms with Crippen LogP contribution in [0.15, 0.2) is 23.0 Å². The van der Waals surface area contributed by atoms with Crippen LogP contribution >= 0.6 is 34.2 Å². The first kappa shape index (κ1) is 15.0. The molecule has 1 aromatic carbocycles. The molecule has 1 saturated carbocycles. The molecule has 6 heteroatoms. The molecule has 1 fully saturated rings. The zero-order chi connectivity index (χ0) is 15.0. The third-order valence-electron chi connectivity index (χ3n) is 3.82. The minimum absolute atomic E-state index is 0.0580. The first-order chi connectivity index (χ1) is 10.1. The van der Waals surface area contributed by atoms with Crippen LogP contribution in [-0.2, 0) is 0 Å². The highest BCUT2D eigenvalue weighted by Gasteiger charge is 2.23. The molecule has 3 nitrogen and oxygen atoms in total. The van der Waals surface area contributed by atoms with E-state index in [2.05, 4.69) is 9.97 Å². The number of aromatic amines is 1. The van der Waals surface area contributed by atoms with Gasteiger partial charge in [0.15, 0.2) is 0 Å². The number of rotatable bonds is 2. The molecule has 0 radical (unpaired) electrons. The summed E-state index contributed by atoms with van der Waals surface area (Å²) in [6.07, 6.45) is 4.45. The van der Waals surface area contributed by atoms with Gasteiger partial charge in [0.05, 0.1) is 14.3 Å². The summed E-state index contributed by atoms with van der Waals surface area (Å²) in [5, 5.41) is 0.0580. The van der Waals surface area contributed by atoms with E-state index in [0.29, 0.717) is 20.9 Å². The highest BCUT2D eigenvalue weighted by molar-refractivity contribution is 14.1. The zero-order valence-corrected chi connectivity index (χ0v) is 14.0. The minimum Gasteiger partial charge on any atom is -0.306 e. The summed E-state index contributed by atoms with van der Waals surface area (Å²) in [5.41, 5.74) is 1.20. The van der Waals surface area contributed by atoms with E-state index in [-0.39, 0.29) is 10.6 Å². The third-order valence-corrected chi connectivity index (χ3v) is 5.17. The molecule has 110 valence electrons. The Kier molecular flexibility index (Phi) is 4.31. The quantitative estimate of drug-likeness (QED) is 0.730. The number of nitrogens with one attached hydrogen (secondary N) is 1. The molecule has 1 aliphatic rings. The summed E-state index contributed by atoms with van der Waals surface area (Å²) in [5.74, 6) is 0.214. The van der Waals surface area contributed by atoms with E-state index in [1.54, 1.807) is 6.07 Å². The maximum absolute atomic E-state index is 13.6. The molecular formula is C15H13ClFIN2O. The number of benzene rings is 1. The molecule has 1 N–H and O–H groups in total. The number of halogens is 3. The average molecular weight is 419 g/mol. The van der Waals surface area contributed by atoms with Crippen molar-refractivity contribution in [2.75, 3.05) is 0 Å². The lowest BCUT2D eigenvalue weighted by molar-refractivity contribution is 0.628. The van der Waals surface area contributed by atoms with E-state index in [9.17, 15) is 9.18 Å². The van der Waals surface area contributed by atoms with Crippen molar-refractivity contribution in [2.24, 2.45) is 0 Å². The molecule has 3 rings (SSSR count). The Hall–Kier alpha value is -0.950. The van der Waals surface area contributed by atoms with Crippen molar-refractivity contribution in [3.8, 4) is 11.4 Å². The van der Waals surface area contributed by atoms with Crippen LogP contribution in [0.25, 0.3) is 11.4 Å². The smallest absolute Gasteiger partial charge is 0.264 e. The topological polar surface area (TPSA) is 45.8 Å². The van der Waals surface area contributed by atoms with E-state index in [1.165, 1.54) is 25.0 Å². The van der Waals surface area contributed by atoms with Crippen LogP contribution in [0, 0.1) is 9.39 Å². The lowest BCUT2D eigenvalue weighted by Crippen LogP contribution is -2.18. The second-order valence-corrected chi connectivity index (χ2v) is 6.71. The van der Waals surface area contributed by atoms with Crippen molar-refractivity contribution in [2.45, 2.75) is 31.6 Å². The summed E-state index contributed by atoms with van der Waals surface area (Å²) in [4.78, 5) is 19.4. The predicted molar refractivity (Wildman–Crippen MR) is 89.2 cm³/mol. The van der Waals surface area contributed by atoms with Crippen molar-refractivity contribution < 1.29 is 4.39 Å². The van der Waals surface area contributed by atoms with E-state index in [1.807, 2.05) is 22.6 Å². The normalized spacial score (nSPS) is 15.6. The molecule has 0 spiro atoms. The Morgan fingerprint density at radius 2 is 2.05 bits per heavy atom. The van der Waals surface area contributed by atoms with E-state index in [0.717, 1.165) is 18.5 Å². The lowest BCUT2D eigenvalue weighted by atomic mass is 10.0.